The van der Waals surface area contributed by atoms with Crippen LogP contribution in [0.15, 0.2) is 52.0 Å². The Kier molecular flexibility index (Phi) is 8.15. The van der Waals surface area contributed by atoms with Gasteiger partial charge in [0.15, 0.2) is 11.5 Å². The first kappa shape index (κ1) is 20.0. The Labute approximate surface area is 162 Å². The Hall–Kier alpha value is -2.34. The predicted molar refractivity (Wildman–Crippen MR) is 107 cm³/mol. The molecule has 2 aromatic rings. The van der Waals surface area contributed by atoms with Gasteiger partial charge in [0.2, 0.25) is 5.91 Å². The summed E-state index contributed by atoms with van der Waals surface area (Å²) in [5.74, 6) is 1.18. The van der Waals surface area contributed by atoms with Gasteiger partial charge in [-0.15, -0.1) is 0 Å². The number of aryl methyl sites for hydroxylation is 1. The Balaban J connectivity index is 1.95. The van der Waals surface area contributed by atoms with Crippen molar-refractivity contribution in [2.24, 2.45) is 5.10 Å². The number of hydrogen-bond acceptors (Lipinski definition) is 4. The number of hydrazone groups is 1. The van der Waals surface area contributed by atoms with Gasteiger partial charge in [-0.05, 0) is 59.5 Å². The molecule has 0 aliphatic heterocycles. The van der Waals surface area contributed by atoms with Gasteiger partial charge >= 0.3 is 0 Å². The Morgan fingerprint density at radius 1 is 1.15 bits per heavy atom. The number of carbonyl (C=O) groups excluding carboxylic acids is 1. The average Bonchev–Trinajstić information content (AvgIpc) is 2.64. The molecule has 2 rings (SSSR count). The summed E-state index contributed by atoms with van der Waals surface area (Å²) in [6.45, 7) is 4.91. The molecule has 0 aliphatic carbocycles. The van der Waals surface area contributed by atoms with Crippen LogP contribution in [0.25, 0.3) is 0 Å². The molecule has 26 heavy (non-hydrogen) atoms. The van der Waals surface area contributed by atoms with Crippen LogP contribution in [0.4, 0.5) is 0 Å². The number of rotatable bonds is 9. The molecular weight excluding hydrogens is 396 g/mol. The number of benzene rings is 2. The maximum Gasteiger partial charge on any atom is 0.240 e. The minimum atomic E-state index is -0.125. The zero-order valence-corrected chi connectivity index (χ0v) is 16.6. The molecule has 2 aromatic carbocycles. The van der Waals surface area contributed by atoms with Crippen molar-refractivity contribution in [1.29, 1.82) is 0 Å². The minimum Gasteiger partial charge on any atom is -0.490 e. The largest absolute Gasteiger partial charge is 0.490 e. The molecule has 0 saturated carbocycles. The molecule has 0 unspecified atom stereocenters. The normalized spacial score (nSPS) is 10.7. The molecule has 0 saturated heterocycles. The lowest BCUT2D eigenvalue weighted by atomic mass is 10.1. The van der Waals surface area contributed by atoms with Gasteiger partial charge in [0.1, 0.15) is 0 Å². The molecule has 0 heterocycles. The Morgan fingerprint density at radius 2 is 1.88 bits per heavy atom. The van der Waals surface area contributed by atoms with Gasteiger partial charge < -0.3 is 9.47 Å². The zero-order valence-electron chi connectivity index (χ0n) is 15.0. The monoisotopic (exact) mass is 418 g/mol. The number of amides is 1. The van der Waals surface area contributed by atoms with Crippen molar-refractivity contribution in [2.45, 2.75) is 26.7 Å². The first-order chi connectivity index (χ1) is 12.6. The molecule has 1 amide bonds. The van der Waals surface area contributed by atoms with Gasteiger partial charge in [0, 0.05) is 6.42 Å². The molecule has 138 valence electrons. The van der Waals surface area contributed by atoms with E-state index in [1.165, 1.54) is 0 Å². The van der Waals surface area contributed by atoms with E-state index in [-0.39, 0.29) is 5.91 Å². The van der Waals surface area contributed by atoms with Crippen LogP contribution in [0, 0.1) is 0 Å². The van der Waals surface area contributed by atoms with Gasteiger partial charge in [-0.3, -0.25) is 4.79 Å². The molecule has 0 spiro atoms. The van der Waals surface area contributed by atoms with Crippen LogP contribution >= 0.6 is 15.9 Å². The van der Waals surface area contributed by atoms with Gasteiger partial charge in [-0.25, -0.2) is 5.43 Å². The highest BCUT2D eigenvalue weighted by molar-refractivity contribution is 9.10. The molecule has 0 atom stereocenters. The molecule has 1 N–H and O–H groups in total. The maximum absolute atomic E-state index is 11.9. The van der Waals surface area contributed by atoms with Crippen LogP contribution < -0.4 is 14.9 Å². The van der Waals surface area contributed by atoms with Crippen LogP contribution in [-0.2, 0) is 11.2 Å². The summed E-state index contributed by atoms with van der Waals surface area (Å²) >= 11 is 3.49. The lowest BCUT2D eigenvalue weighted by Gasteiger charge is -2.13. The van der Waals surface area contributed by atoms with Crippen molar-refractivity contribution in [3.8, 4) is 11.5 Å². The second kappa shape index (κ2) is 10.6. The predicted octanol–water partition coefficient (Wildman–Crippen LogP) is 4.33. The molecule has 5 nitrogen and oxygen atoms in total. The second-order valence-electron chi connectivity index (χ2n) is 5.47. The zero-order chi connectivity index (χ0) is 18.8. The van der Waals surface area contributed by atoms with E-state index < -0.39 is 0 Å². The molecule has 0 aliphatic rings. The third-order valence-corrected chi connectivity index (χ3v) is 4.10. The van der Waals surface area contributed by atoms with E-state index in [0.717, 1.165) is 15.6 Å². The summed E-state index contributed by atoms with van der Waals surface area (Å²) in [5, 5.41) is 4.03. The van der Waals surface area contributed by atoms with Crippen molar-refractivity contribution < 1.29 is 14.3 Å². The standard InChI is InChI=1S/C20H23BrN2O3/c1-3-25-18-13-16(12-17(21)20(18)26-4-2)14-22-23-19(24)11-10-15-8-6-5-7-9-15/h5-9,12-14H,3-4,10-11H2,1-2H3,(H,23,24)/b22-14-. The molecule has 0 bridgehead atoms. The van der Waals surface area contributed by atoms with E-state index in [9.17, 15) is 4.79 Å². The van der Waals surface area contributed by atoms with E-state index in [2.05, 4.69) is 26.5 Å². The van der Waals surface area contributed by atoms with E-state index in [1.54, 1.807) is 6.21 Å². The summed E-state index contributed by atoms with van der Waals surface area (Å²) in [5.41, 5.74) is 4.48. The second-order valence-corrected chi connectivity index (χ2v) is 6.33. The fourth-order valence-electron chi connectivity index (χ4n) is 2.35. The fraction of sp³-hybridized carbons (Fsp3) is 0.300. The van der Waals surface area contributed by atoms with Crippen LogP contribution in [0.1, 0.15) is 31.4 Å². The Bertz CT molecular complexity index is 748. The van der Waals surface area contributed by atoms with Crippen LogP contribution in [0.2, 0.25) is 0 Å². The van der Waals surface area contributed by atoms with E-state index in [4.69, 9.17) is 9.47 Å². The number of carbonyl (C=O) groups is 1. The summed E-state index contributed by atoms with van der Waals surface area (Å²) in [7, 11) is 0. The van der Waals surface area contributed by atoms with Gasteiger partial charge in [-0.2, -0.15) is 5.10 Å². The minimum absolute atomic E-state index is 0.125. The number of hydrogen-bond donors (Lipinski definition) is 1. The van der Waals surface area contributed by atoms with Crippen LogP contribution in [-0.4, -0.2) is 25.3 Å². The van der Waals surface area contributed by atoms with E-state index >= 15 is 0 Å². The van der Waals surface area contributed by atoms with Crippen molar-refractivity contribution in [3.05, 3.63) is 58.1 Å². The van der Waals surface area contributed by atoms with Crippen molar-refractivity contribution in [2.75, 3.05) is 13.2 Å². The molecule has 0 aromatic heterocycles. The van der Waals surface area contributed by atoms with Gasteiger partial charge in [0.25, 0.3) is 0 Å². The maximum atomic E-state index is 11.9. The van der Waals surface area contributed by atoms with E-state index in [1.807, 2.05) is 56.3 Å². The first-order valence-corrected chi connectivity index (χ1v) is 9.38. The van der Waals surface area contributed by atoms with Crippen LogP contribution in [0.5, 0.6) is 11.5 Å². The van der Waals surface area contributed by atoms with Crippen molar-refractivity contribution in [3.63, 3.8) is 0 Å². The number of ether oxygens (including phenoxy) is 2. The summed E-state index contributed by atoms with van der Waals surface area (Å²) < 4.78 is 12.0. The topological polar surface area (TPSA) is 59.9 Å². The summed E-state index contributed by atoms with van der Waals surface area (Å²) in [6.07, 6.45) is 2.66. The molecule has 0 fully saturated rings. The summed E-state index contributed by atoms with van der Waals surface area (Å²) in [4.78, 5) is 11.9. The molecule has 6 heteroatoms. The first-order valence-electron chi connectivity index (χ1n) is 8.59. The quantitative estimate of drug-likeness (QED) is 0.486. The number of nitrogens with zero attached hydrogens (tertiary/aromatic N) is 1. The smallest absolute Gasteiger partial charge is 0.240 e. The highest BCUT2D eigenvalue weighted by Gasteiger charge is 2.11. The third-order valence-electron chi connectivity index (χ3n) is 3.51. The van der Waals surface area contributed by atoms with Crippen LogP contribution in [0.3, 0.4) is 0 Å². The van der Waals surface area contributed by atoms with Crippen molar-refractivity contribution in [1.82, 2.24) is 5.43 Å². The van der Waals surface area contributed by atoms with Gasteiger partial charge in [0.05, 0.1) is 23.9 Å². The molecule has 0 radical (unpaired) electrons. The Morgan fingerprint density at radius 3 is 2.58 bits per heavy atom. The number of halogens is 1. The average molecular weight is 419 g/mol. The van der Waals surface area contributed by atoms with Gasteiger partial charge in [-0.1, -0.05) is 30.3 Å². The fourth-order valence-corrected chi connectivity index (χ4v) is 2.92. The lowest BCUT2D eigenvalue weighted by molar-refractivity contribution is -0.121. The third kappa shape index (κ3) is 6.19. The molecular formula is C20H23BrN2O3. The summed E-state index contributed by atoms with van der Waals surface area (Å²) in [6, 6.07) is 13.6. The van der Waals surface area contributed by atoms with Crippen molar-refractivity contribution >= 4 is 28.1 Å². The SMILES string of the molecule is CCOc1cc(/C=N\NC(=O)CCc2ccccc2)cc(Br)c1OCC. The number of nitrogens with one attached hydrogen (secondary N) is 1. The lowest BCUT2D eigenvalue weighted by Crippen LogP contribution is -2.17. The van der Waals surface area contributed by atoms with E-state index in [0.29, 0.717) is 37.6 Å². The highest BCUT2D eigenvalue weighted by atomic mass is 79.9. The highest BCUT2D eigenvalue weighted by Crippen LogP contribution is 2.36.